The number of aromatic nitrogens is 2. The largest absolute Gasteiger partial charge is 0.334 e. The van der Waals surface area contributed by atoms with E-state index in [-0.39, 0.29) is 17.5 Å². The van der Waals surface area contributed by atoms with Gasteiger partial charge >= 0.3 is 5.69 Å². The molecule has 2 aromatic rings. The fourth-order valence-corrected chi connectivity index (χ4v) is 5.18. The molecule has 146 valence electrons. The van der Waals surface area contributed by atoms with Crippen molar-refractivity contribution in [1.29, 1.82) is 0 Å². The van der Waals surface area contributed by atoms with E-state index in [9.17, 15) is 14.4 Å². The van der Waals surface area contributed by atoms with Crippen LogP contribution in [-0.2, 0) is 12.8 Å². The molecule has 7 heteroatoms. The molecule has 4 aliphatic rings. The molecule has 1 aromatic heterocycles. The van der Waals surface area contributed by atoms with E-state index in [0.29, 0.717) is 18.5 Å². The summed E-state index contributed by atoms with van der Waals surface area (Å²) in [4.78, 5) is 45.4. The van der Waals surface area contributed by atoms with E-state index in [4.69, 9.17) is 0 Å². The Hall–Kier alpha value is -2.67. The van der Waals surface area contributed by atoms with Crippen molar-refractivity contribution in [2.45, 2.75) is 37.8 Å². The second-order valence-corrected chi connectivity index (χ2v) is 8.32. The predicted octanol–water partition coefficient (Wildman–Crippen LogP) is 0.767. The molecule has 0 spiro atoms. The molecule has 2 atom stereocenters. The van der Waals surface area contributed by atoms with E-state index in [1.54, 1.807) is 0 Å². The van der Waals surface area contributed by atoms with Gasteiger partial charge in [0.1, 0.15) is 5.56 Å². The first kappa shape index (κ1) is 17.4. The van der Waals surface area contributed by atoms with E-state index in [2.05, 4.69) is 39.1 Å². The van der Waals surface area contributed by atoms with Gasteiger partial charge in [0.15, 0.2) is 0 Å². The Labute approximate surface area is 162 Å². The van der Waals surface area contributed by atoms with Gasteiger partial charge < -0.3 is 9.88 Å². The number of piperidine rings is 1. The number of H-pyrrole nitrogens is 2. The molecule has 1 aromatic carbocycles. The van der Waals surface area contributed by atoms with Crippen LogP contribution in [0.25, 0.3) is 0 Å². The van der Waals surface area contributed by atoms with E-state index < -0.39 is 11.2 Å². The highest BCUT2D eigenvalue weighted by Crippen LogP contribution is 2.33. The summed E-state index contributed by atoms with van der Waals surface area (Å²) in [5, 5.41) is 0. The van der Waals surface area contributed by atoms with Gasteiger partial charge in [0.05, 0.1) is 0 Å². The van der Waals surface area contributed by atoms with Crippen molar-refractivity contribution in [3.05, 3.63) is 68.0 Å². The number of aromatic amines is 2. The molecule has 7 nitrogen and oxygen atoms in total. The lowest BCUT2D eigenvalue weighted by molar-refractivity contribution is 0.0579. The monoisotopic (exact) mass is 380 g/mol. The highest BCUT2D eigenvalue weighted by Gasteiger charge is 2.40. The van der Waals surface area contributed by atoms with Gasteiger partial charge in [-0.3, -0.25) is 19.5 Å². The van der Waals surface area contributed by atoms with Gasteiger partial charge in [-0.2, -0.15) is 0 Å². The Morgan fingerprint density at radius 2 is 1.71 bits per heavy atom. The molecule has 0 unspecified atom stereocenters. The molecule has 28 heavy (non-hydrogen) atoms. The minimum absolute atomic E-state index is 0.0203. The van der Waals surface area contributed by atoms with Gasteiger partial charge in [-0.05, 0) is 42.7 Å². The van der Waals surface area contributed by atoms with Gasteiger partial charge in [0.2, 0.25) is 0 Å². The van der Waals surface area contributed by atoms with Gasteiger partial charge in [-0.1, -0.05) is 24.3 Å². The molecule has 2 bridgehead atoms. The number of benzene rings is 1. The molecular weight excluding hydrogens is 356 g/mol. The highest BCUT2D eigenvalue weighted by molar-refractivity contribution is 5.93. The number of hydrogen-bond acceptors (Lipinski definition) is 4. The number of carbonyl (C=O) groups excluding carboxylic acids is 1. The Bertz CT molecular complexity index is 1000. The summed E-state index contributed by atoms with van der Waals surface area (Å²) >= 11 is 0. The normalized spacial score (nSPS) is 24.9. The van der Waals surface area contributed by atoms with Crippen LogP contribution >= 0.6 is 0 Å². The quantitative estimate of drug-likeness (QED) is 0.805. The molecule has 1 amide bonds. The fourth-order valence-electron chi connectivity index (χ4n) is 5.18. The van der Waals surface area contributed by atoms with Crippen LogP contribution in [0.2, 0.25) is 0 Å². The zero-order valence-corrected chi connectivity index (χ0v) is 15.7. The lowest BCUT2D eigenvalue weighted by Crippen LogP contribution is -2.49. The van der Waals surface area contributed by atoms with E-state index >= 15 is 0 Å². The summed E-state index contributed by atoms with van der Waals surface area (Å²) in [7, 11) is 0. The lowest BCUT2D eigenvalue weighted by atomic mass is 9.94. The summed E-state index contributed by atoms with van der Waals surface area (Å²) in [6, 6.07) is 9.26. The van der Waals surface area contributed by atoms with E-state index in [1.807, 2.05) is 4.90 Å². The predicted molar refractivity (Wildman–Crippen MR) is 104 cm³/mol. The fraction of sp³-hybridized carbons (Fsp3) is 0.476. The number of nitrogens with zero attached hydrogens (tertiary/aromatic N) is 2. The van der Waals surface area contributed by atoms with E-state index in [1.165, 1.54) is 17.3 Å². The van der Waals surface area contributed by atoms with Crippen LogP contribution in [-0.4, -0.2) is 57.4 Å². The van der Waals surface area contributed by atoms with Crippen molar-refractivity contribution in [2.24, 2.45) is 5.92 Å². The number of carbonyl (C=O) groups is 1. The van der Waals surface area contributed by atoms with E-state index in [0.717, 1.165) is 38.8 Å². The standard InChI is InChI=1S/C21H24N4O3/c26-19-18(9-22-21(28)23-19)20(27)25-11-13-5-6-16(25)12-24(10-13)17-7-14-3-1-2-4-15(14)8-17/h1-4,9,13,16-17H,5-8,10-12H2,(H2,22,23,26,28)/t13-,16+/m0/s1. The third-order valence-electron chi connectivity index (χ3n) is 6.60. The Morgan fingerprint density at radius 1 is 0.964 bits per heavy atom. The van der Waals surface area contributed by atoms with Crippen LogP contribution < -0.4 is 11.2 Å². The average Bonchev–Trinajstić information content (AvgIpc) is 2.90. The summed E-state index contributed by atoms with van der Waals surface area (Å²) in [5.41, 5.74) is 1.70. The minimum Gasteiger partial charge on any atom is -0.334 e. The first-order valence-corrected chi connectivity index (χ1v) is 10.0. The lowest BCUT2D eigenvalue weighted by Gasteiger charge is -2.36. The number of rotatable bonds is 2. The number of fused-ring (bicyclic) bond motifs is 5. The average molecular weight is 380 g/mol. The summed E-state index contributed by atoms with van der Waals surface area (Å²) in [5.74, 6) is 0.150. The zero-order valence-electron chi connectivity index (χ0n) is 15.7. The minimum atomic E-state index is -0.614. The number of hydrogen-bond donors (Lipinski definition) is 2. The molecule has 3 saturated heterocycles. The van der Waals surface area contributed by atoms with Crippen molar-refractivity contribution < 1.29 is 4.79 Å². The maximum Gasteiger partial charge on any atom is 0.325 e. The number of nitrogens with one attached hydrogen (secondary N) is 2. The zero-order chi connectivity index (χ0) is 19.3. The molecular formula is C21H24N4O3. The Balaban J connectivity index is 1.36. The summed E-state index contributed by atoms with van der Waals surface area (Å²) < 4.78 is 0. The van der Waals surface area contributed by atoms with Gasteiger partial charge in [-0.15, -0.1) is 0 Å². The maximum atomic E-state index is 13.0. The Morgan fingerprint density at radius 3 is 2.43 bits per heavy atom. The van der Waals surface area contributed by atoms with Crippen molar-refractivity contribution in [3.8, 4) is 0 Å². The van der Waals surface area contributed by atoms with Crippen molar-refractivity contribution >= 4 is 5.91 Å². The maximum absolute atomic E-state index is 13.0. The third kappa shape index (κ3) is 2.99. The second-order valence-electron chi connectivity index (χ2n) is 8.32. The molecule has 4 heterocycles. The molecule has 1 aliphatic carbocycles. The second kappa shape index (κ2) is 6.74. The number of amides is 1. The molecule has 2 N–H and O–H groups in total. The topological polar surface area (TPSA) is 89.3 Å². The van der Waals surface area contributed by atoms with Crippen molar-refractivity contribution in [2.75, 3.05) is 19.6 Å². The SMILES string of the molecule is O=C(c1c[nH]c(=O)[nH]c1=O)N1C[C@H]2CC[C@@H]1CN(C1Cc3ccccc3C1)C2. The first-order chi connectivity index (χ1) is 13.6. The molecule has 6 rings (SSSR count). The van der Waals surface area contributed by atoms with Gasteiger partial charge in [0.25, 0.3) is 11.5 Å². The van der Waals surface area contributed by atoms with Crippen LogP contribution in [0.1, 0.15) is 34.3 Å². The molecule has 0 radical (unpaired) electrons. The smallest absolute Gasteiger partial charge is 0.325 e. The van der Waals surface area contributed by atoms with Crippen LogP contribution in [0, 0.1) is 5.92 Å². The molecule has 3 fully saturated rings. The molecule has 0 saturated carbocycles. The summed E-state index contributed by atoms with van der Waals surface area (Å²) in [6.07, 6.45) is 5.47. The summed E-state index contributed by atoms with van der Waals surface area (Å²) in [6.45, 7) is 2.53. The van der Waals surface area contributed by atoms with Gasteiger partial charge in [0, 0.05) is 37.9 Å². The van der Waals surface area contributed by atoms with Crippen LogP contribution in [0.4, 0.5) is 0 Å². The molecule has 3 aliphatic heterocycles. The van der Waals surface area contributed by atoms with Crippen LogP contribution in [0.5, 0.6) is 0 Å². The van der Waals surface area contributed by atoms with Crippen molar-refractivity contribution in [1.82, 2.24) is 19.8 Å². The first-order valence-electron chi connectivity index (χ1n) is 10.0. The Kier molecular flexibility index (Phi) is 4.19. The van der Waals surface area contributed by atoms with Crippen LogP contribution in [0.3, 0.4) is 0 Å². The third-order valence-corrected chi connectivity index (χ3v) is 6.60. The highest BCUT2D eigenvalue weighted by atomic mass is 16.2. The van der Waals surface area contributed by atoms with Crippen molar-refractivity contribution in [3.63, 3.8) is 0 Å². The van der Waals surface area contributed by atoms with Crippen LogP contribution in [0.15, 0.2) is 40.1 Å². The van der Waals surface area contributed by atoms with Gasteiger partial charge in [-0.25, -0.2) is 4.79 Å².